The minimum Gasteiger partial charge on any atom is -0.502 e. The minimum atomic E-state index is -3.25. The summed E-state index contributed by atoms with van der Waals surface area (Å²) < 4.78 is 148. The zero-order valence-electron chi connectivity index (χ0n) is 70.1. The summed E-state index contributed by atoms with van der Waals surface area (Å²) in [6.45, 7) is 5.94. The van der Waals surface area contributed by atoms with E-state index in [2.05, 4.69) is 198 Å². The smallest absolute Gasteiger partial charge is 0.394 e. The van der Waals surface area contributed by atoms with Gasteiger partial charge in [0, 0.05) is 45.9 Å². The Hall–Kier alpha value is -17.0. The van der Waals surface area contributed by atoms with Gasteiger partial charge in [-0.25, -0.2) is 89.1 Å². The van der Waals surface area contributed by atoms with Gasteiger partial charge in [-0.2, -0.15) is 24.4 Å². The van der Waals surface area contributed by atoms with Crippen molar-refractivity contribution in [3.05, 3.63) is 290 Å². The second kappa shape index (κ2) is 44.5. The molecule has 10 N–H and O–H groups in total. The van der Waals surface area contributed by atoms with Crippen molar-refractivity contribution in [3.63, 3.8) is 0 Å². The van der Waals surface area contributed by atoms with Crippen LogP contribution in [-0.2, 0) is 0 Å². The van der Waals surface area contributed by atoms with Gasteiger partial charge in [0.25, 0.3) is 5.69 Å². The molecule has 0 unspecified atom stereocenters. The molecule has 0 aliphatic rings. The number of benzene rings is 10. The lowest BCUT2D eigenvalue weighted by atomic mass is 10.2. The van der Waals surface area contributed by atoms with Crippen LogP contribution in [0.3, 0.4) is 0 Å². The lowest BCUT2D eigenvalue weighted by Crippen LogP contribution is -2.18. The summed E-state index contributed by atoms with van der Waals surface area (Å²) in [6, 6.07) is 52.9. The lowest BCUT2D eigenvalue weighted by molar-refractivity contribution is -0.430. The second-order valence-electron chi connectivity index (χ2n) is 27.8. The Morgan fingerprint density at radius 3 is 1.01 bits per heavy atom. The highest BCUT2D eigenvalue weighted by Gasteiger charge is 2.26. The number of phenols is 1. The highest BCUT2D eigenvalue weighted by atomic mass is 127. The quantitative estimate of drug-likeness (QED) is 0.00752. The number of alkyl halides is 2. The number of nitro groups is 1. The fourth-order valence-electron chi connectivity index (χ4n) is 11.2. The summed E-state index contributed by atoms with van der Waals surface area (Å²) in [5.41, 5.74) is 8.27. The number of aromatic nitrogens is 16. The Morgan fingerprint density at radius 1 is 0.423 bits per heavy atom. The first-order chi connectivity index (χ1) is 65.6. The van der Waals surface area contributed by atoms with Gasteiger partial charge >= 0.3 is 11.8 Å². The van der Waals surface area contributed by atoms with Gasteiger partial charge in [-0.05, 0) is 263 Å². The maximum absolute atomic E-state index is 14.2. The van der Waals surface area contributed by atoms with Crippen molar-refractivity contribution < 1.29 is 77.6 Å². The molecule has 0 radical (unpaired) electrons. The van der Waals surface area contributed by atoms with Gasteiger partial charge in [0.05, 0.1) is 62.2 Å². The molecule has 692 valence electrons. The molecule has 10 aromatic carbocycles. The number of ether oxygens (including phenoxy) is 1. The number of nitriles is 2. The normalized spacial score (nSPS) is 10.7. The monoisotopic (exact) mass is 2140 g/mol. The largest absolute Gasteiger partial charge is 0.502 e. The number of phenolic OH excluding ortho intramolecular Hbond substituents is 1. The van der Waals surface area contributed by atoms with E-state index in [4.69, 9.17) is 43.5 Å². The number of rotatable bonds is 22. The Kier molecular flexibility index (Phi) is 31.7. The predicted octanol–water partition coefficient (Wildman–Crippen LogP) is 22.2. The van der Waals surface area contributed by atoms with Crippen LogP contribution in [0.25, 0.3) is 45.2 Å². The standard InChI is InChI=1S/2C17H11ClF2N6O.C17H11F3N6O.C16H10I2N6O.C11H8F2N4O.C7H6N2O4/c3*1-8-2-4-12(10(19)6-8)21-14-15(24-17-16(23-14)25-27-26-17)22-13-5-3-9(18)7-11(13)20;17-9-5-1-3-7-11(9)19-13-14(20-12-8-4-2-6-10(12)18)22-16-15(21-13)23-25-24-16;1-11(12,13)18-10-4-2-8(3-5-10)16-17-9(6-14)7-15;1-8(11)6-4-5(9(12)13)2-3-7(6)10/h3*2-7H,1H3,(H,21,23,25)(H,22,24,26);1-8H,(H,19,21,23)(H,20,22,24);2-5,16H,1H3;2-4H,1H3/p+1. The van der Waals surface area contributed by atoms with Crippen LogP contribution in [0, 0.1) is 106 Å². The molecule has 39 nitrogen and oxygen atoms in total. The first-order valence-electron chi connectivity index (χ1n) is 38.6. The molecule has 18 rings (SSSR count). The number of non-ortho nitro benzene ring substituents is 1. The van der Waals surface area contributed by atoms with Crippen LogP contribution in [0.1, 0.15) is 23.6 Å². The first kappa shape index (κ1) is 97.5. The van der Waals surface area contributed by atoms with Crippen molar-refractivity contribution in [1.82, 2.24) is 81.1 Å². The number of aromatic hydroxyl groups is 1. The third-order valence-corrected chi connectivity index (χ3v) is 19.9. The minimum absolute atomic E-state index is 0.00202. The van der Waals surface area contributed by atoms with Gasteiger partial charge in [-0.3, -0.25) is 15.5 Å². The van der Waals surface area contributed by atoms with Crippen molar-refractivity contribution in [3.8, 4) is 23.6 Å². The van der Waals surface area contributed by atoms with E-state index >= 15 is 0 Å². The molecule has 0 atom stereocenters. The van der Waals surface area contributed by atoms with Crippen LogP contribution in [0.4, 0.5) is 149 Å². The number of nitro benzene ring substituents is 1. The maximum atomic E-state index is 14.2. The molecule has 52 heteroatoms. The number of nitrogens with zero attached hydrogens (tertiary/aromatic N) is 21. The molecular weight excluding hydrogens is 2080 g/mol. The average molecular weight is 2140 g/mol. The molecule has 0 fully saturated rings. The zero-order chi connectivity index (χ0) is 97.7. The number of hydrogen-bond donors (Lipinski definition) is 10. The first-order valence-corrected chi connectivity index (χ1v) is 41.6. The average Bonchev–Trinajstić information content (AvgIpc) is 1.73. The molecule has 8 aromatic heterocycles. The fourth-order valence-corrected chi connectivity index (χ4v) is 12.6. The highest BCUT2D eigenvalue weighted by Crippen LogP contribution is 2.38. The third-order valence-electron chi connectivity index (χ3n) is 17.6. The molecule has 8 heterocycles. The molecule has 0 saturated heterocycles. The van der Waals surface area contributed by atoms with Crippen LogP contribution in [-0.4, -0.2) is 115 Å². The number of aryl methyl sites for hydroxylation is 3. The highest BCUT2D eigenvalue weighted by molar-refractivity contribution is 14.1. The van der Waals surface area contributed by atoms with E-state index in [1.54, 1.807) is 63.2 Å². The summed E-state index contributed by atoms with van der Waals surface area (Å²) in [5.74, 6) is -2.81. The number of nitroso groups, excluding NO2 is 1. The molecule has 137 heavy (non-hydrogen) atoms. The fraction of sp³-hybridized carbons (Fsp3) is 0.0706. The number of hydrogen-bond acceptors (Lipinski definition) is 37. The van der Waals surface area contributed by atoms with E-state index in [0.717, 1.165) is 84.7 Å². The van der Waals surface area contributed by atoms with Gasteiger partial charge in [-0.15, -0.1) is 0 Å². The van der Waals surface area contributed by atoms with Crippen LogP contribution in [0.5, 0.6) is 11.5 Å². The SMILES string of the molecule is CC(F)(F)Oc1ccc(NN=C(C#N)C#N)cc1.C[N+](=O)c1cc([N+](=O)[O-])ccc1O.Cc1ccc(Nc2nc3nonc3nc2Nc2ccc(Cl)cc2F)c(F)c1.Cc1ccc(Nc2nc3nonc3nc2Nc2ccc(Cl)cc2F)c(F)c1.Cc1ccc(Nc2nc3nonc3nc2Nc2ccc(F)cc2F)c(F)c1.Ic1ccccc1Nc1nc2nonc2nc1Nc1ccccc1I. The zero-order valence-corrected chi connectivity index (χ0v) is 75.9. The van der Waals surface area contributed by atoms with E-state index in [1.807, 2.05) is 48.5 Å². The van der Waals surface area contributed by atoms with Gasteiger partial charge in [-0.1, -0.05) is 65.7 Å². The van der Waals surface area contributed by atoms with Crippen molar-refractivity contribution >= 4 is 228 Å². The van der Waals surface area contributed by atoms with E-state index < -0.39 is 51.8 Å². The molecule has 0 aliphatic heterocycles. The Bertz CT molecular complexity index is 6840. The number of fused-ring (bicyclic) bond motifs is 4. The van der Waals surface area contributed by atoms with Gasteiger partial charge in [0.15, 0.2) is 59.3 Å². The Labute approximate surface area is 799 Å². The van der Waals surface area contributed by atoms with Crippen LogP contribution in [0.2, 0.25) is 10.0 Å². The number of halogens is 13. The number of hydrazone groups is 1. The van der Waals surface area contributed by atoms with E-state index in [-0.39, 0.29) is 142 Å². The van der Waals surface area contributed by atoms with Crippen molar-refractivity contribution in [2.75, 3.05) is 55.0 Å². The number of anilines is 17. The topological polar surface area (TPSA) is 520 Å². The maximum Gasteiger partial charge on any atom is 0.394 e. The third kappa shape index (κ3) is 26.5. The molecular formula is C85H58Cl2F9I2N30O9+. The summed E-state index contributed by atoms with van der Waals surface area (Å²) in [4.78, 5) is 54.6. The summed E-state index contributed by atoms with van der Waals surface area (Å²) in [6.07, 6.45) is -3.25. The van der Waals surface area contributed by atoms with Crippen LogP contribution in [0.15, 0.2) is 224 Å². The van der Waals surface area contributed by atoms with Crippen LogP contribution >= 0.6 is 68.4 Å². The summed E-state index contributed by atoms with van der Waals surface area (Å²) in [5, 5.41) is 92.8. The van der Waals surface area contributed by atoms with E-state index in [1.165, 1.54) is 78.9 Å². The molecule has 0 aliphatic carbocycles. The van der Waals surface area contributed by atoms with Crippen molar-refractivity contribution in [1.29, 1.82) is 10.5 Å². The lowest BCUT2D eigenvalue weighted by Gasteiger charge is -2.13. The Balaban J connectivity index is 0.000000141. The van der Waals surface area contributed by atoms with Gasteiger partial charge in [0.2, 0.25) is 50.9 Å². The van der Waals surface area contributed by atoms with E-state index in [0.29, 0.717) is 40.3 Å². The summed E-state index contributed by atoms with van der Waals surface area (Å²) >= 11 is 16.1. The van der Waals surface area contributed by atoms with Crippen molar-refractivity contribution in [2.45, 2.75) is 33.8 Å². The van der Waals surface area contributed by atoms with Crippen LogP contribution < -0.4 is 52.7 Å². The molecule has 0 saturated carbocycles. The Morgan fingerprint density at radius 2 is 0.723 bits per heavy atom. The van der Waals surface area contributed by atoms with Gasteiger partial charge in [0.1, 0.15) is 58.6 Å². The van der Waals surface area contributed by atoms with E-state index in [9.17, 15) is 54.5 Å². The predicted molar refractivity (Wildman–Crippen MR) is 501 cm³/mol. The van der Waals surface area contributed by atoms with Crippen molar-refractivity contribution in [2.24, 2.45) is 5.10 Å². The molecule has 0 spiro atoms. The summed E-state index contributed by atoms with van der Waals surface area (Å²) in [7, 11) is 1.15. The number of para-hydroxylation sites is 2. The molecule has 0 bridgehead atoms. The molecule has 18 aromatic rings. The number of nitrogens with one attached hydrogen (secondary N) is 9. The second-order valence-corrected chi connectivity index (χ2v) is 31.0. The molecule has 0 amide bonds. The van der Waals surface area contributed by atoms with Gasteiger partial charge < -0.3 is 52.4 Å².